The van der Waals surface area contributed by atoms with Crippen LogP contribution in [0.2, 0.25) is 0 Å². The second-order valence-corrected chi connectivity index (χ2v) is 5.35. The molecule has 0 unspecified atom stereocenters. The van der Waals surface area contributed by atoms with Gasteiger partial charge in [-0.05, 0) is 31.8 Å². The van der Waals surface area contributed by atoms with Crippen LogP contribution in [0, 0.1) is 0 Å². The van der Waals surface area contributed by atoms with Gasteiger partial charge in [-0.1, -0.05) is 6.07 Å². The quantitative estimate of drug-likeness (QED) is 0.759. The lowest BCUT2D eigenvalue weighted by molar-refractivity contribution is 0.115. The maximum Gasteiger partial charge on any atom is 0.0679 e. The lowest BCUT2D eigenvalue weighted by atomic mass is 10.0. The molecule has 0 bridgehead atoms. The second-order valence-electron chi connectivity index (χ2n) is 5.35. The van der Waals surface area contributed by atoms with E-state index in [-0.39, 0.29) is 0 Å². The summed E-state index contributed by atoms with van der Waals surface area (Å²) in [7, 11) is 6.40. The third-order valence-electron chi connectivity index (χ3n) is 4.01. The molecule has 1 aromatic carbocycles. The first-order valence-corrected chi connectivity index (χ1v) is 6.45. The summed E-state index contributed by atoms with van der Waals surface area (Å²) in [6, 6.07) is 7.20. The second kappa shape index (κ2) is 4.37. The zero-order chi connectivity index (χ0) is 12.7. The van der Waals surface area contributed by atoms with Gasteiger partial charge in [0.15, 0.2) is 0 Å². The van der Waals surface area contributed by atoms with Gasteiger partial charge in [-0.25, -0.2) is 0 Å². The molecule has 1 fully saturated rings. The molecular formula is C14H20N4. The zero-order valence-electron chi connectivity index (χ0n) is 11.3. The van der Waals surface area contributed by atoms with Gasteiger partial charge in [-0.3, -0.25) is 9.58 Å². The Balaban J connectivity index is 1.97. The van der Waals surface area contributed by atoms with Crippen molar-refractivity contribution < 1.29 is 0 Å². The number of aromatic nitrogens is 2. The molecule has 0 aliphatic carbocycles. The summed E-state index contributed by atoms with van der Waals surface area (Å²) in [5.74, 6) is 0. The van der Waals surface area contributed by atoms with Crippen molar-refractivity contribution in [2.75, 3.05) is 33.7 Å². The first-order valence-electron chi connectivity index (χ1n) is 6.45. The summed E-state index contributed by atoms with van der Waals surface area (Å²) < 4.78 is 1.93. The van der Waals surface area contributed by atoms with Gasteiger partial charge >= 0.3 is 0 Å². The number of rotatable bonds is 1. The van der Waals surface area contributed by atoms with E-state index in [0.717, 1.165) is 19.6 Å². The molecule has 1 aromatic heterocycles. The Bertz CT molecular complexity index is 560. The minimum Gasteiger partial charge on any atom is -0.303 e. The molecule has 0 saturated carbocycles. The van der Waals surface area contributed by atoms with Crippen molar-refractivity contribution in [3.63, 3.8) is 0 Å². The number of nitrogens with zero attached hydrogens (tertiary/aromatic N) is 4. The molecular weight excluding hydrogens is 224 g/mol. The van der Waals surface area contributed by atoms with Crippen LogP contribution in [0.1, 0.15) is 11.6 Å². The number of aryl methyl sites for hydroxylation is 1. The molecule has 4 heteroatoms. The number of likely N-dealkylation sites (N-methyl/N-ethyl adjacent to an activating group) is 2. The number of hydrogen-bond acceptors (Lipinski definition) is 3. The maximum absolute atomic E-state index is 4.31. The Morgan fingerprint density at radius 1 is 1.17 bits per heavy atom. The van der Waals surface area contributed by atoms with Gasteiger partial charge in [0, 0.05) is 38.1 Å². The molecule has 4 nitrogen and oxygen atoms in total. The number of piperazine rings is 1. The summed E-state index contributed by atoms with van der Waals surface area (Å²) in [6.45, 7) is 3.39. The van der Waals surface area contributed by atoms with Gasteiger partial charge in [-0.15, -0.1) is 0 Å². The Hall–Kier alpha value is -1.39. The summed E-state index contributed by atoms with van der Waals surface area (Å²) in [5.41, 5.74) is 2.59. The minimum atomic E-state index is 0.494. The van der Waals surface area contributed by atoms with Crippen LogP contribution in [-0.2, 0) is 7.05 Å². The van der Waals surface area contributed by atoms with E-state index in [1.165, 1.54) is 16.5 Å². The molecule has 96 valence electrons. The molecule has 18 heavy (non-hydrogen) atoms. The van der Waals surface area contributed by atoms with Crippen molar-refractivity contribution in [3.05, 3.63) is 30.0 Å². The van der Waals surface area contributed by atoms with Gasteiger partial charge in [0.25, 0.3) is 0 Å². The van der Waals surface area contributed by atoms with E-state index in [4.69, 9.17) is 0 Å². The van der Waals surface area contributed by atoms with Crippen molar-refractivity contribution in [1.82, 2.24) is 19.6 Å². The van der Waals surface area contributed by atoms with Gasteiger partial charge in [0.1, 0.15) is 0 Å². The number of fused-ring (bicyclic) bond motifs is 1. The van der Waals surface area contributed by atoms with Gasteiger partial charge in [0.05, 0.1) is 11.7 Å². The molecule has 0 N–H and O–H groups in total. The molecule has 2 aromatic rings. The summed E-state index contributed by atoms with van der Waals surface area (Å²) in [5, 5.41) is 5.54. The summed E-state index contributed by atoms with van der Waals surface area (Å²) in [6.07, 6.45) is 1.95. The number of hydrogen-bond donors (Lipinski definition) is 0. The lowest BCUT2D eigenvalue weighted by Crippen LogP contribution is -2.44. The normalized spacial score (nSPS) is 22.7. The first-order chi connectivity index (χ1) is 8.65. The van der Waals surface area contributed by atoms with E-state index < -0.39 is 0 Å². The summed E-state index contributed by atoms with van der Waals surface area (Å²) >= 11 is 0. The monoisotopic (exact) mass is 244 g/mol. The highest BCUT2D eigenvalue weighted by Crippen LogP contribution is 2.26. The predicted octanol–water partition coefficient (Wildman–Crippen LogP) is 1.49. The highest BCUT2D eigenvalue weighted by molar-refractivity contribution is 5.79. The highest BCUT2D eigenvalue weighted by Gasteiger charge is 2.23. The van der Waals surface area contributed by atoms with Crippen molar-refractivity contribution in [2.45, 2.75) is 6.04 Å². The van der Waals surface area contributed by atoms with Crippen molar-refractivity contribution >= 4 is 10.9 Å². The maximum atomic E-state index is 4.31. The highest BCUT2D eigenvalue weighted by atomic mass is 15.3. The van der Waals surface area contributed by atoms with Gasteiger partial charge in [0.2, 0.25) is 0 Å². The SMILES string of the molecule is CN1CCN(C)[C@@H](c2ccc3c(cnn3C)c2)C1. The molecule has 1 atom stereocenters. The van der Waals surface area contributed by atoms with Gasteiger partial charge in [-0.2, -0.15) is 5.10 Å². The molecule has 0 amide bonds. The Labute approximate surface area is 108 Å². The van der Waals surface area contributed by atoms with E-state index in [1.807, 2.05) is 17.9 Å². The van der Waals surface area contributed by atoms with Crippen LogP contribution >= 0.6 is 0 Å². The Morgan fingerprint density at radius 3 is 2.83 bits per heavy atom. The topological polar surface area (TPSA) is 24.3 Å². The average molecular weight is 244 g/mol. The van der Waals surface area contributed by atoms with E-state index in [0.29, 0.717) is 6.04 Å². The van der Waals surface area contributed by atoms with Crippen molar-refractivity contribution in [2.24, 2.45) is 7.05 Å². The van der Waals surface area contributed by atoms with Gasteiger partial charge < -0.3 is 4.90 Å². The Morgan fingerprint density at radius 2 is 2.00 bits per heavy atom. The minimum absolute atomic E-state index is 0.494. The van der Waals surface area contributed by atoms with E-state index in [1.54, 1.807) is 0 Å². The molecule has 2 heterocycles. The van der Waals surface area contributed by atoms with E-state index in [9.17, 15) is 0 Å². The van der Waals surface area contributed by atoms with Crippen LogP contribution in [0.25, 0.3) is 10.9 Å². The first kappa shape index (κ1) is 11.7. The van der Waals surface area contributed by atoms with Crippen LogP contribution in [0.5, 0.6) is 0 Å². The van der Waals surface area contributed by atoms with Crippen LogP contribution in [0.4, 0.5) is 0 Å². The molecule has 1 aliphatic rings. The average Bonchev–Trinajstić information content (AvgIpc) is 2.74. The summed E-state index contributed by atoms with van der Waals surface area (Å²) in [4.78, 5) is 4.84. The third-order valence-corrected chi connectivity index (χ3v) is 4.01. The smallest absolute Gasteiger partial charge is 0.0679 e. The van der Waals surface area contributed by atoms with Crippen molar-refractivity contribution in [3.8, 4) is 0 Å². The standard InChI is InChI=1S/C14H20N4/c1-16-6-7-17(2)14(10-16)11-4-5-13-12(8-11)9-15-18(13)3/h4-5,8-9,14H,6-7,10H2,1-3H3/t14-/m1/s1. The molecule has 0 radical (unpaired) electrons. The molecule has 1 aliphatic heterocycles. The van der Waals surface area contributed by atoms with Crippen LogP contribution in [-0.4, -0.2) is 53.3 Å². The molecule has 1 saturated heterocycles. The molecule has 3 rings (SSSR count). The Kier molecular flexibility index (Phi) is 2.84. The third kappa shape index (κ3) is 1.91. The molecule has 0 spiro atoms. The fourth-order valence-corrected chi connectivity index (χ4v) is 2.76. The van der Waals surface area contributed by atoms with Crippen LogP contribution in [0.15, 0.2) is 24.4 Å². The van der Waals surface area contributed by atoms with Crippen LogP contribution in [0.3, 0.4) is 0 Å². The van der Waals surface area contributed by atoms with Crippen molar-refractivity contribution in [1.29, 1.82) is 0 Å². The zero-order valence-corrected chi connectivity index (χ0v) is 11.3. The number of benzene rings is 1. The fraction of sp³-hybridized carbons (Fsp3) is 0.500. The predicted molar refractivity (Wildman–Crippen MR) is 73.6 cm³/mol. The lowest BCUT2D eigenvalue weighted by Gasteiger charge is -2.38. The fourth-order valence-electron chi connectivity index (χ4n) is 2.76. The largest absolute Gasteiger partial charge is 0.303 e. The van der Waals surface area contributed by atoms with Crippen LogP contribution < -0.4 is 0 Å². The van der Waals surface area contributed by atoms with E-state index in [2.05, 4.69) is 47.2 Å². The van der Waals surface area contributed by atoms with E-state index >= 15 is 0 Å².